The molecular weight excluding hydrogens is 248 g/mol. The van der Waals surface area contributed by atoms with Gasteiger partial charge in [-0.05, 0) is 17.7 Å². The Kier molecular flexibility index (Phi) is 5.64. The first-order chi connectivity index (χ1) is 9.12. The summed E-state index contributed by atoms with van der Waals surface area (Å²) in [6.07, 6.45) is -1.10. The maximum Gasteiger partial charge on any atom is 0.234 e. The van der Waals surface area contributed by atoms with Crippen molar-refractivity contribution in [2.75, 3.05) is 20.8 Å². The number of nitrogens with one attached hydrogen (secondary N) is 1. The summed E-state index contributed by atoms with van der Waals surface area (Å²) in [6, 6.07) is 6.73. The Hall–Kier alpha value is -2.26. The largest absolute Gasteiger partial charge is 0.493 e. The Bertz CT molecular complexity index is 482. The van der Waals surface area contributed by atoms with E-state index in [0.717, 1.165) is 0 Å². The topological polar surface area (TPSA) is 91.6 Å². The molecule has 1 aromatic rings. The third kappa shape index (κ3) is 4.16. The molecule has 19 heavy (non-hydrogen) atoms. The second-order valence-corrected chi connectivity index (χ2v) is 3.77. The van der Waals surface area contributed by atoms with E-state index in [2.05, 4.69) is 5.32 Å². The molecule has 0 radical (unpaired) electrons. The standard InChI is InChI=1S/C13H16N2O4/c1-18-11-4-3-9(7-12(11)19-2)10(16)8-15-13(17)5-6-14/h3-4,7,10,16H,5,8H2,1-2H3,(H,15,17). The molecule has 0 aliphatic heterocycles. The van der Waals surface area contributed by atoms with E-state index in [1.807, 2.05) is 0 Å². The van der Waals surface area contributed by atoms with Crippen LogP contribution in [-0.2, 0) is 4.79 Å². The fourth-order valence-electron chi connectivity index (χ4n) is 1.52. The number of hydrogen-bond acceptors (Lipinski definition) is 5. The van der Waals surface area contributed by atoms with Crippen molar-refractivity contribution in [3.8, 4) is 17.6 Å². The number of aliphatic hydroxyl groups is 1. The summed E-state index contributed by atoms with van der Waals surface area (Å²) in [4.78, 5) is 11.1. The number of hydrogen-bond donors (Lipinski definition) is 2. The Morgan fingerprint density at radius 3 is 2.68 bits per heavy atom. The van der Waals surface area contributed by atoms with E-state index in [0.29, 0.717) is 17.1 Å². The Morgan fingerprint density at radius 1 is 1.42 bits per heavy atom. The number of ether oxygens (including phenoxy) is 2. The molecular formula is C13H16N2O4. The summed E-state index contributed by atoms with van der Waals surface area (Å²) in [6.45, 7) is 0.0377. The number of nitrogens with zero attached hydrogens (tertiary/aromatic N) is 1. The molecule has 1 unspecified atom stereocenters. The van der Waals surface area contributed by atoms with E-state index in [1.165, 1.54) is 14.2 Å². The SMILES string of the molecule is COc1ccc(C(O)CNC(=O)CC#N)cc1OC. The van der Waals surface area contributed by atoms with E-state index in [1.54, 1.807) is 24.3 Å². The molecule has 1 rings (SSSR count). The molecule has 1 amide bonds. The number of rotatable bonds is 6. The fraction of sp³-hybridized carbons (Fsp3) is 0.385. The van der Waals surface area contributed by atoms with Crippen LogP contribution in [0.5, 0.6) is 11.5 Å². The molecule has 0 bridgehead atoms. The lowest BCUT2D eigenvalue weighted by Gasteiger charge is -2.14. The van der Waals surface area contributed by atoms with E-state index in [-0.39, 0.29) is 13.0 Å². The van der Waals surface area contributed by atoms with Gasteiger partial charge in [0.2, 0.25) is 5.91 Å². The van der Waals surface area contributed by atoms with Gasteiger partial charge < -0.3 is 19.9 Å². The normalized spacial score (nSPS) is 11.3. The van der Waals surface area contributed by atoms with E-state index in [9.17, 15) is 9.90 Å². The zero-order valence-electron chi connectivity index (χ0n) is 10.8. The molecule has 6 nitrogen and oxygen atoms in total. The van der Waals surface area contributed by atoms with E-state index in [4.69, 9.17) is 14.7 Å². The molecule has 0 saturated heterocycles. The predicted molar refractivity (Wildman–Crippen MR) is 67.7 cm³/mol. The van der Waals surface area contributed by atoms with Crippen LogP contribution in [0.4, 0.5) is 0 Å². The van der Waals surface area contributed by atoms with Gasteiger partial charge in [0.1, 0.15) is 6.42 Å². The van der Waals surface area contributed by atoms with E-state index < -0.39 is 12.0 Å². The summed E-state index contributed by atoms with van der Waals surface area (Å²) in [5.41, 5.74) is 0.593. The lowest BCUT2D eigenvalue weighted by molar-refractivity contribution is -0.120. The van der Waals surface area contributed by atoms with Crippen LogP contribution in [0.2, 0.25) is 0 Å². The molecule has 102 valence electrons. The number of methoxy groups -OCH3 is 2. The van der Waals surface area contributed by atoms with Gasteiger partial charge in [-0.25, -0.2) is 0 Å². The number of aliphatic hydroxyl groups excluding tert-OH is 1. The molecule has 2 N–H and O–H groups in total. The summed E-state index contributed by atoms with van der Waals surface area (Å²) < 4.78 is 10.2. The van der Waals surface area contributed by atoms with Crippen LogP contribution in [0, 0.1) is 11.3 Å². The zero-order valence-corrected chi connectivity index (χ0v) is 10.8. The second-order valence-electron chi connectivity index (χ2n) is 3.77. The molecule has 1 atom stereocenters. The first kappa shape index (κ1) is 14.8. The van der Waals surface area contributed by atoms with Gasteiger partial charge in [0.25, 0.3) is 0 Å². The van der Waals surface area contributed by atoms with Crippen LogP contribution in [0.15, 0.2) is 18.2 Å². The average molecular weight is 264 g/mol. The zero-order chi connectivity index (χ0) is 14.3. The maximum atomic E-state index is 11.1. The minimum absolute atomic E-state index is 0.0377. The van der Waals surface area contributed by atoms with Crippen LogP contribution in [-0.4, -0.2) is 31.8 Å². The van der Waals surface area contributed by atoms with Gasteiger partial charge in [0.05, 0.1) is 26.4 Å². The minimum Gasteiger partial charge on any atom is -0.493 e. The Morgan fingerprint density at radius 2 is 2.11 bits per heavy atom. The molecule has 6 heteroatoms. The molecule has 1 aromatic carbocycles. The molecule has 0 heterocycles. The number of nitriles is 1. The van der Waals surface area contributed by atoms with Crippen LogP contribution in [0.25, 0.3) is 0 Å². The number of amides is 1. The van der Waals surface area contributed by atoms with Crippen molar-refractivity contribution in [3.63, 3.8) is 0 Å². The first-order valence-electron chi connectivity index (χ1n) is 5.66. The first-order valence-corrected chi connectivity index (χ1v) is 5.66. The Labute approximate surface area is 111 Å². The molecule has 0 aliphatic carbocycles. The average Bonchev–Trinajstić information content (AvgIpc) is 2.44. The van der Waals surface area contributed by atoms with Crippen LogP contribution in [0.1, 0.15) is 18.1 Å². The van der Waals surface area contributed by atoms with Gasteiger partial charge >= 0.3 is 0 Å². The molecule has 0 aromatic heterocycles. The fourth-order valence-corrected chi connectivity index (χ4v) is 1.52. The summed E-state index contributed by atoms with van der Waals surface area (Å²) in [5, 5.41) is 20.7. The smallest absolute Gasteiger partial charge is 0.234 e. The summed E-state index contributed by atoms with van der Waals surface area (Å²) in [7, 11) is 3.03. The molecule has 0 spiro atoms. The third-order valence-electron chi connectivity index (χ3n) is 2.52. The number of carbonyl (C=O) groups is 1. The quantitative estimate of drug-likeness (QED) is 0.791. The number of carbonyl (C=O) groups excluding carboxylic acids is 1. The summed E-state index contributed by atoms with van der Waals surface area (Å²) >= 11 is 0. The summed E-state index contributed by atoms with van der Waals surface area (Å²) in [5.74, 6) is 0.649. The van der Waals surface area contributed by atoms with Gasteiger partial charge in [0.15, 0.2) is 11.5 Å². The molecule has 0 saturated carbocycles. The van der Waals surface area contributed by atoms with Crippen molar-refractivity contribution >= 4 is 5.91 Å². The lowest BCUT2D eigenvalue weighted by atomic mass is 10.1. The van der Waals surface area contributed by atoms with Crippen molar-refractivity contribution < 1.29 is 19.4 Å². The van der Waals surface area contributed by atoms with Gasteiger partial charge in [0, 0.05) is 6.54 Å². The van der Waals surface area contributed by atoms with Gasteiger partial charge in [-0.2, -0.15) is 5.26 Å². The monoisotopic (exact) mass is 264 g/mol. The highest BCUT2D eigenvalue weighted by molar-refractivity contribution is 5.77. The van der Waals surface area contributed by atoms with Crippen molar-refractivity contribution in [2.45, 2.75) is 12.5 Å². The highest BCUT2D eigenvalue weighted by atomic mass is 16.5. The van der Waals surface area contributed by atoms with Crippen molar-refractivity contribution in [1.29, 1.82) is 5.26 Å². The van der Waals surface area contributed by atoms with Crippen molar-refractivity contribution in [3.05, 3.63) is 23.8 Å². The predicted octanol–water partition coefficient (Wildman–Crippen LogP) is 0.767. The highest BCUT2D eigenvalue weighted by Crippen LogP contribution is 2.29. The van der Waals surface area contributed by atoms with Crippen LogP contribution in [0.3, 0.4) is 0 Å². The second kappa shape index (κ2) is 7.24. The van der Waals surface area contributed by atoms with Gasteiger partial charge in [-0.15, -0.1) is 0 Å². The lowest BCUT2D eigenvalue weighted by Crippen LogP contribution is -2.27. The highest BCUT2D eigenvalue weighted by Gasteiger charge is 2.12. The van der Waals surface area contributed by atoms with E-state index >= 15 is 0 Å². The van der Waals surface area contributed by atoms with Crippen molar-refractivity contribution in [2.24, 2.45) is 0 Å². The maximum absolute atomic E-state index is 11.1. The minimum atomic E-state index is -0.873. The third-order valence-corrected chi connectivity index (χ3v) is 2.52. The van der Waals surface area contributed by atoms with Crippen LogP contribution >= 0.6 is 0 Å². The number of benzene rings is 1. The Balaban J connectivity index is 2.69. The van der Waals surface area contributed by atoms with Crippen LogP contribution < -0.4 is 14.8 Å². The molecule has 0 aliphatic rings. The molecule has 0 fully saturated rings. The van der Waals surface area contributed by atoms with Gasteiger partial charge in [-0.1, -0.05) is 6.07 Å². The van der Waals surface area contributed by atoms with Gasteiger partial charge in [-0.3, -0.25) is 4.79 Å². The van der Waals surface area contributed by atoms with Crippen molar-refractivity contribution in [1.82, 2.24) is 5.32 Å².